The summed E-state index contributed by atoms with van der Waals surface area (Å²) in [6.45, 7) is 5.53. The molecule has 1 aromatic carbocycles. The summed E-state index contributed by atoms with van der Waals surface area (Å²) >= 11 is 1.49. The van der Waals surface area contributed by atoms with Crippen molar-refractivity contribution < 1.29 is 4.79 Å². The van der Waals surface area contributed by atoms with Crippen LogP contribution in [0, 0.1) is 13.8 Å². The van der Waals surface area contributed by atoms with Crippen LogP contribution in [0.25, 0.3) is 32.0 Å². The van der Waals surface area contributed by atoms with Gasteiger partial charge in [-0.05, 0) is 45.6 Å². The van der Waals surface area contributed by atoms with Crippen LogP contribution in [0.1, 0.15) is 21.6 Å². The lowest BCUT2D eigenvalue weighted by Crippen LogP contribution is -2.33. The summed E-state index contributed by atoms with van der Waals surface area (Å²) in [5, 5.41) is 9.42. The SMILES string of the molecule is Cc1cc(C)c2n[nH]c(-c3nc(C(=O)N(C)CCN(C)C)c(-c4cccnc4)s3)c2c1. The molecule has 0 aliphatic heterocycles. The molecule has 0 fully saturated rings. The van der Waals surface area contributed by atoms with E-state index >= 15 is 0 Å². The molecule has 3 heterocycles. The topological polar surface area (TPSA) is 78.0 Å². The van der Waals surface area contributed by atoms with Gasteiger partial charge in [0.05, 0.1) is 10.4 Å². The molecule has 0 bridgehead atoms. The Labute approximate surface area is 185 Å². The van der Waals surface area contributed by atoms with Crippen molar-refractivity contribution in [3.05, 3.63) is 53.5 Å². The van der Waals surface area contributed by atoms with Gasteiger partial charge in [-0.15, -0.1) is 11.3 Å². The number of aromatic amines is 1. The van der Waals surface area contributed by atoms with Crippen LogP contribution >= 0.6 is 11.3 Å². The predicted octanol–water partition coefficient (Wildman–Crippen LogP) is 4.00. The van der Waals surface area contributed by atoms with Crippen molar-refractivity contribution >= 4 is 28.1 Å². The van der Waals surface area contributed by atoms with Gasteiger partial charge < -0.3 is 9.80 Å². The quantitative estimate of drug-likeness (QED) is 0.496. The van der Waals surface area contributed by atoms with Crippen molar-refractivity contribution in [1.82, 2.24) is 30.0 Å². The van der Waals surface area contributed by atoms with E-state index in [0.717, 1.165) is 49.7 Å². The monoisotopic (exact) mass is 434 g/mol. The highest BCUT2D eigenvalue weighted by Gasteiger charge is 2.25. The maximum Gasteiger partial charge on any atom is 0.273 e. The fourth-order valence-corrected chi connectivity index (χ4v) is 4.59. The van der Waals surface area contributed by atoms with Crippen LogP contribution < -0.4 is 0 Å². The normalized spacial score (nSPS) is 11.4. The van der Waals surface area contributed by atoms with Crippen LogP contribution in [0.15, 0.2) is 36.7 Å². The predicted molar refractivity (Wildman–Crippen MR) is 125 cm³/mol. The summed E-state index contributed by atoms with van der Waals surface area (Å²) in [6.07, 6.45) is 3.50. The van der Waals surface area contributed by atoms with Gasteiger partial charge in [-0.1, -0.05) is 17.7 Å². The summed E-state index contributed by atoms with van der Waals surface area (Å²) in [4.78, 5) is 26.9. The van der Waals surface area contributed by atoms with Crippen LogP contribution in [0.3, 0.4) is 0 Å². The summed E-state index contributed by atoms with van der Waals surface area (Å²) < 4.78 is 0. The van der Waals surface area contributed by atoms with Crippen molar-refractivity contribution in [2.75, 3.05) is 34.2 Å². The number of H-pyrrole nitrogens is 1. The molecule has 3 aromatic heterocycles. The van der Waals surface area contributed by atoms with Gasteiger partial charge in [0.1, 0.15) is 16.4 Å². The Balaban J connectivity index is 1.82. The van der Waals surface area contributed by atoms with Crippen molar-refractivity contribution in [2.24, 2.45) is 0 Å². The number of benzene rings is 1. The van der Waals surface area contributed by atoms with Gasteiger partial charge in [-0.3, -0.25) is 14.9 Å². The summed E-state index contributed by atoms with van der Waals surface area (Å²) in [5.74, 6) is -0.0978. The Morgan fingerprint density at radius 3 is 2.68 bits per heavy atom. The maximum atomic E-state index is 13.3. The van der Waals surface area contributed by atoms with E-state index in [9.17, 15) is 4.79 Å². The van der Waals surface area contributed by atoms with Gasteiger partial charge in [0.25, 0.3) is 5.91 Å². The summed E-state index contributed by atoms with van der Waals surface area (Å²) in [5.41, 5.74) is 5.37. The molecule has 4 aromatic rings. The third-order valence-electron chi connectivity index (χ3n) is 5.19. The highest BCUT2D eigenvalue weighted by Crippen LogP contribution is 2.38. The number of fused-ring (bicyclic) bond motifs is 1. The number of carbonyl (C=O) groups is 1. The number of nitrogens with one attached hydrogen (secondary N) is 1. The molecule has 31 heavy (non-hydrogen) atoms. The Hall–Kier alpha value is -3.10. The number of nitrogens with zero attached hydrogens (tertiary/aromatic N) is 5. The van der Waals surface area contributed by atoms with Crippen molar-refractivity contribution in [1.29, 1.82) is 0 Å². The smallest absolute Gasteiger partial charge is 0.273 e. The standard InChI is InChI=1S/C23H26N6OS/c1-14-11-15(2)18-17(12-14)19(27-26-18)22-25-20(23(30)29(5)10-9-28(3)4)21(31-22)16-7-6-8-24-13-16/h6-8,11-13H,9-10H2,1-5H3,(H,26,27). The number of pyridine rings is 1. The fourth-order valence-electron chi connectivity index (χ4n) is 3.53. The number of hydrogen-bond acceptors (Lipinski definition) is 6. The van der Waals surface area contributed by atoms with E-state index in [4.69, 9.17) is 4.98 Å². The molecular formula is C23H26N6OS. The average Bonchev–Trinajstić information content (AvgIpc) is 3.36. The number of carbonyl (C=O) groups excluding carboxylic acids is 1. The lowest BCUT2D eigenvalue weighted by atomic mass is 10.1. The van der Waals surface area contributed by atoms with E-state index in [2.05, 4.69) is 46.1 Å². The lowest BCUT2D eigenvalue weighted by molar-refractivity contribution is 0.0782. The Morgan fingerprint density at radius 2 is 1.97 bits per heavy atom. The Kier molecular flexibility index (Phi) is 5.84. The minimum absolute atomic E-state index is 0.0978. The van der Waals surface area contributed by atoms with Crippen LogP contribution in [0.4, 0.5) is 0 Å². The van der Waals surface area contributed by atoms with Gasteiger partial charge >= 0.3 is 0 Å². The van der Waals surface area contributed by atoms with E-state index < -0.39 is 0 Å². The van der Waals surface area contributed by atoms with E-state index in [0.29, 0.717) is 12.2 Å². The van der Waals surface area contributed by atoms with E-state index in [1.807, 2.05) is 33.3 Å². The first kappa shape index (κ1) is 21.1. The second-order valence-electron chi connectivity index (χ2n) is 8.05. The zero-order valence-corrected chi connectivity index (χ0v) is 19.2. The molecule has 160 valence electrons. The number of likely N-dealkylation sites (N-methyl/N-ethyl adjacent to an activating group) is 2. The van der Waals surface area contributed by atoms with Crippen LogP contribution in [-0.4, -0.2) is 70.1 Å². The highest BCUT2D eigenvalue weighted by molar-refractivity contribution is 7.18. The maximum absolute atomic E-state index is 13.3. The molecule has 8 heteroatoms. The lowest BCUT2D eigenvalue weighted by Gasteiger charge is -2.19. The van der Waals surface area contributed by atoms with Gasteiger partial charge in [0.2, 0.25) is 0 Å². The second-order valence-corrected chi connectivity index (χ2v) is 9.04. The number of rotatable bonds is 6. The molecule has 0 atom stereocenters. The molecule has 1 amide bonds. The molecular weight excluding hydrogens is 408 g/mol. The fraction of sp³-hybridized carbons (Fsp3) is 0.304. The average molecular weight is 435 g/mol. The first-order valence-corrected chi connectivity index (χ1v) is 10.9. The van der Waals surface area contributed by atoms with Crippen LogP contribution in [0.2, 0.25) is 0 Å². The number of aromatic nitrogens is 4. The molecule has 0 spiro atoms. The third kappa shape index (κ3) is 4.22. The van der Waals surface area contributed by atoms with Crippen LogP contribution in [0.5, 0.6) is 0 Å². The molecule has 0 radical (unpaired) electrons. The van der Waals surface area contributed by atoms with Gasteiger partial charge in [-0.25, -0.2) is 4.98 Å². The zero-order valence-electron chi connectivity index (χ0n) is 18.4. The number of aryl methyl sites for hydroxylation is 2. The minimum atomic E-state index is -0.0978. The van der Waals surface area contributed by atoms with E-state index in [1.54, 1.807) is 17.3 Å². The van der Waals surface area contributed by atoms with Crippen molar-refractivity contribution in [3.8, 4) is 21.1 Å². The summed E-state index contributed by atoms with van der Waals surface area (Å²) in [6, 6.07) is 8.05. The first-order chi connectivity index (χ1) is 14.8. The molecule has 0 aliphatic carbocycles. The number of thiazole rings is 1. The largest absolute Gasteiger partial charge is 0.339 e. The second kappa shape index (κ2) is 8.56. The Bertz CT molecular complexity index is 1230. The van der Waals surface area contributed by atoms with Crippen LogP contribution in [-0.2, 0) is 0 Å². The Morgan fingerprint density at radius 1 is 1.16 bits per heavy atom. The molecule has 1 N–H and O–H groups in total. The minimum Gasteiger partial charge on any atom is -0.339 e. The molecule has 0 aliphatic rings. The van der Waals surface area contributed by atoms with E-state index in [-0.39, 0.29) is 5.91 Å². The van der Waals surface area contributed by atoms with Gasteiger partial charge in [0, 0.05) is 43.5 Å². The van der Waals surface area contributed by atoms with Gasteiger partial charge in [0.15, 0.2) is 0 Å². The molecule has 4 rings (SSSR count). The number of hydrogen-bond donors (Lipinski definition) is 1. The molecule has 0 saturated heterocycles. The summed E-state index contributed by atoms with van der Waals surface area (Å²) in [7, 11) is 5.80. The molecule has 7 nitrogen and oxygen atoms in total. The molecule has 0 unspecified atom stereocenters. The van der Waals surface area contributed by atoms with Gasteiger partial charge in [-0.2, -0.15) is 5.10 Å². The highest BCUT2D eigenvalue weighted by atomic mass is 32.1. The van der Waals surface area contributed by atoms with Crippen molar-refractivity contribution in [3.63, 3.8) is 0 Å². The van der Waals surface area contributed by atoms with E-state index in [1.165, 1.54) is 11.3 Å². The first-order valence-electron chi connectivity index (χ1n) is 10.1. The molecule has 0 saturated carbocycles. The zero-order chi connectivity index (χ0) is 22.1. The number of amides is 1. The van der Waals surface area contributed by atoms with Crippen molar-refractivity contribution in [2.45, 2.75) is 13.8 Å². The third-order valence-corrected chi connectivity index (χ3v) is 6.31.